The second-order valence-corrected chi connectivity index (χ2v) is 11.1. The number of carbonyl (C=O) groups excluding carboxylic acids is 3. The third-order valence-electron chi connectivity index (χ3n) is 7.77. The van der Waals surface area contributed by atoms with Crippen molar-refractivity contribution in [1.82, 2.24) is 14.7 Å². The van der Waals surface area contributed by atoms with E-state index in [1.54, 1.807) is 17.9 Å². The predicted molar refractivity (Wildman–Crippen MR) is 134 cm³/mol. The lowest BCUT2D eigenvalue weighted by molar-refractivity contribution is -0.155. The molecule has 2 bridgehead atoms. The van der Waals surface area contributed by atoms with Gasteiger partial charge >= 0.3 is 5.97 Å². The maximum atomic E-state index is 14.2. The number of aliphatic hydroxyl groups excluding tert-OH is 1. The van der Waals surface area contributed by atoms with Gasteiger partial charge in [-0.1, -0.05) is 34.7 Å². The molecule has 0 radical (unpaired) electrons. The first-order valence-corrected chi connectivity index (χ1v) is 13.4. The molecule has 0 aromatic rings. The molecular weight excluding hydrogens is 534 g/mol. The van der Waals surface area contributed by atoms with E-state index in [4.69, 9.17) is 14.2 Å². The molecule has 0 aromatic carbocycles. The lowest BCUT2D eigenvalue weighted by atomic mass is 9.70. The quantitative estimate of drug-likeness (QED) is 0.213. The van der Waals surface area contributed by atoms with E-state index in [1.165, 1.54) is 11.0 Å². The van der Waals surface area contributed by atoms with Crippen LogP contribution in [0.25, 0.3) is 0 Å². The van der Waals surface area contributed by atoms with Crippen LogP contribution in [-0.4, -0.2) is 125 Å². The minimum Gasteiger partial charge on any atom is -0.461 e. The van der Waals surface area contributed by atoms with Crippen LogP contribution in [0.3, 0.4) is 0 Å². The highest BCUT2D eigenvalue weighted by Crippen LogP contribution is 2.60. The Morgan fingerprint density at radius 2 is 2.06 bits per heavy atom. The summed E-state index contributed by atoms with van der Waals surface area (Å²) < 4.78 is 17.2. The van der Waals surface area contributed by atoms with Crippen LogP contribution in [0.15, 0.2) is 25.3 Å². The summed E-state index contributed by atoms with van der Waals surface area (Å²) in [6.07, 6.45) is 2.95. The Bertz CT molecular complexity index is 882. The highest BCUT2D eigenvalue weighted by Gasteiger charge is 2.77. The SMILES string of the molecule is C=CCOC(=O)[C@H]1[C@H]2C(=O)N([C@H](C)CO)C(C(=O)N(CC=C)CCN3CCOCC3)C23CC(Br)[C@@H]1O3. The zero-order valence-corrected chi connectivity index (χ0v) is 22.3. The summed E-state index contributed by atoms with van der Waals surface area (Å²) >= 11 is 3.63. The third kappa shape index (κ3) is 4.64. The van der Waals surface area contributed by atoms with E-state index >= 15 is 0 Å². The molecule has 0 aromatic heterocycles. The number of fused-ring (bicyclic) bond motifs is 1. The molecule has 2 amide bonds. The Hall–Kier alpha value is -1.79. The molecule has 7 atom stereocenters. The summed E-state index contributed by atoms with van der Waals surface area (Å²) in [6.45, 7) is 13.1. The molecule has 4 saturated heterocycles. The van der Waals surface area contributed by atoms with Crippen molar-refractivity contribution >= 4 is 33.7 Å². The summed E-state index contributed by atoms with van der Waals surface area (Å²) in [5.74, 6) is -2.86. The summed E-state index contributed by atoms with van der Waals surface area (Å²) in [6, 6.07) is -1.60. The molecule has 1 N–H and O–H groups in total. The minimum absolute atomic E-state index is 0.0245. The van der Waals surface area contributed by atoms with Crippen molar-refractivity contribution in [3.63, 3.8) is 0 Å². The van der Waals surface area contributed by atoms with Gasteiger partial charge in [-0.2, -0.15) is 0 Å². The van der Waals surface area contributed by atoms with Gasteiger partial charge in [0, 0.05) is 37.6 Å². The van der Waals surface area contributed by atoms with Crippen molar-refractivity contribution in [3.05, 3.63) is 25.3 Å². The Morgan fingerprint density at radius 3 is 2.69 bits per heavy atom. The lowest BCUT2D eigenvalue weighted by Crippen LogP contribution is -2.59. The molecule has 4 aliphatic heterocycles. The third-order valence-corrected chi connectivity index (χ3v) is 8.61. The van der Waals surface area contributed by atoms with Crippen molar-refractivity contribution in [2.75, 3.05) is 59.2 Å². The number of morpholine rings is 1. The fourth-order valence-electron chi connectivity index (χ4n) is 6.12. The molecule has 3 unspecified atom stereocenters. The minimum atomic E-state index is -1.19. The summed E-state index contributed by atoms with van der Waals surface area (Å²) in [5, 5.41) is 10.00. The van der Waals surface area contributed by atoms with Crippen LogP contribution in [0.5, 0.6) is 0 Å². The fraction of sp³-hybridized carbons (Fsp3) is 0.720. The van der Waals surface area contributed by atoms with Gasteiger partial charge in [0.15, 0.2) is 0 Å². The summed E-state index contributed by atoms with van der Waals surface area (Å²) in [5.41, 5.74) is -1.19. The standard InChI is InChI=1S/C25H36BrN3O7/c1-4-6-28(8-7-27-9-12-34-13-10-27)23(32)21-25-14-17(26)20(36-25)18(24(33)35-11-5-2)19(25)22(31)29(21)16(3)15-30/h4-5,16-21,30H,1-2,6-15H2,3H3/t16-,17?,18+,19+,20+,21?,25?/m1/s1. The number of rotatable bonds is 11. The number of likely N-dealkylation sites (tertiary alicyclic amines) is 1. The molecule has 4 fully saturated rings. The molecule has 4 heterocycles. The average Bonchev–Trinajstić information content (AvgIpc) is 3.48. The first-order chi connectivity index (χ1) is 17.3. The lowest BCUT2D eigenvalue weighted by Gasteiger charge is -2.39. The van der Waals surface area contributed by atoms with E-state index in [0.717, 1.165) is 13.1 Å². The van der Waals surface area contributed by atoms with E-state index < -0.39 is 41.6 Å². The number of hydrogen-bond acceptors (Lipinski definition) is 8. The number of halogens is 1. The van der Waals surface area contributed by atoms with Gasteiger partial charge in [-0.15, -0.1) is 6.58 Å². The predicted octanol–water partition coefficient (Wildman–Crippen LogP) is 0.191. The van der Waals surface area contributed by atoms with Crippen molar-refractivity contribution in [2.24, 2.45) is 11.8 Å². The highest BCUT2D eigenvalue weighted by molar-refractivity contribution is 9.09. The molecule has 0 aliphatic carbocycles. The number of nitrogens with zero attached hydrogens (tertiary/aromatic N) is 3. The molecule has 11 heteroatoms. The molecule has 1 spiro atoms. The summed E-state index contributed by atoms with van der Waals surface area (Å²) in [4.78, 5) is 46.2. The van der Waals surface area contributed by atoms with Crippen molar-refractivity contribution in [3.8, 4) is 0 Å². The van der Waals surface area contributed by atoms with E-state index in [9.17, 15) is 19.5 Å². The van der Waals surface area contributed by atoms with E-state index in [-0.39, 0.29) is 29.9 Å². The van der Waals surface area contributed by atoms with Gasteiger partial charge in [-0.05, 0) is 13.3 Å². The number of alkyl halides is 1. The largest absolute Gasteiger partial charge is 0.461 e. The monoisotopic (exact) mass is 569 g/mol. The highest BCUT2D eigenvalue weighted by atomic mass is 79.9. The van der Waals surface area contributed by atoms with Crippen LogP contribution in [-0.2, 0) is 28.6 Å². The number of carbonyl (C=O) groups is 3. The molecule has 10 nitrogen and oxygen atoms in total. The van der Waals surface area contributed by atoms with Crippen LogP contribution in [0.2, 0.25) is 0 Å². The molecule has 36 heavy (non-hydrogen) atoms. The Kier molecular flexibility index (Phi) is 8.56. The maximum absolute atomic E-state index is 14.2. The van der Waals surface area contributed by atoms with Gasteiger partial charge in [-0.25, -0.2) is 0 Å². The Morgan fingerprint density at radius 1 is 1.33 bits per heavy atom. The maximum Gasteiger partial charge on any atom is 0.312 e. The van der Waals surface area contributed by atoms with Gasteiger partial charge in [0.05, 0.1) is 43.8 Å². The molecule has 0 saturated carbocycles. The molecular formula is C25H36BrN3O7. The van der Waals surface area contributed by atoms with Gasteiger partial charge in [-0.3, -0.25) is 19.3 Å². The number of esters is 1. The van der Waals surface area contributed by atoms with E-state index in [1.807, 2.05) is 0 Å². The first-order valence-electron chi connectivity index (χ1n) is 12.5. The van der Waals surface area contributed by atoms with E-state index in [2.05, 4.69) is 34.0 Å². The summed E-state index contributed by atoms with van der Waals surface area (Å²) in [7, 11) is 0. The normalized spacial score (nSPS) is 34.4. The second-order valence-electron chi connectivity index (χ2n) is 9.89. The Balaban J connectivity index is 1.66. The van der Waals surface area contributed by atoms with Gasteiger partial charge < -0.3 is 29.1 Å². The Labute approximate surface area is 220 Å². The van der Waals surface area contributed by atoms with Crippen LogP contribution >= 0.6 is 15.9 Å². The van der Waals surface area contributed by atoms with Crippen LogP contribution in [0.4, 0.5) is 0 Å². The van der Waals surface area contributed by atoms with Crippen LogP contribution in [0.1, 0.15) is 13.3 Å². The second kappa shape index (κ2) is 11.3. The van der Waals surface area contributed by atoms with Crippen LogP contribution < -0.4 is 0 Å². The van der Waals surface area contributed by atoms with E-state index in [0.29, 0.717) is 39.3 Å². The van der Waals surface area contributed by atoms with Crippen molar-refractivity contribution in [1.29, 1.82) is 0 Å². The zero-order chi connectivity index (χ0) is 26.0. The number of ether oxygens (including phenoxy) is 3. The smallest absolute Gasteiger partial charge is 0.312 e. The van der Waals surface area contributed by atoms with Gasteiger partial charge in [0.1, 0.15) is 18.2 Å². The molecule has 4 aliphatic rings. The van der Waals surface area contributed by atoms with Crippen molar-refractivity contribution < 1.29 is 33.7 Å². The van der Waals surface area contributed by atoms with Gasteiger partial charge in [0.2, 0.25) is 11.8 Å². The first kappa shape index (κ1) is 27.3. The van der Waals surface area contributed by atoms with Crippen molar-refractivity contribution in [2.45, 2.75) is 42.0 Å². The molecule has 200 valence electrons. The fourth-order valence-corrected chi connectivity index (χ4v) is 7.07. The van der Waals surface area contributed by atoms with Crippen LogP contribution in [0, 0.1) is 11.8 Å². The van der Waals surface area contributed by atoms with Gasteiger partial charge in [0.25, 0.3) is 0 Å². The topological polar surface area (TPSA) is 109 Å². The molecule has 4 rings (SSSR count). The number of amides is 2. The average molecular weight is 570 g/mol. The zero-order valence-electron chi connectivity index (χ0n) is 20.7. The number of hydrogen-bond donors (Lipinski definition) is 1. The number of aliphatic hydroxyl groups is 1.